The van der Waals surface area contributed by atoms with Crippen molar-refractivity contribution < 1.29 is 24.2 Å². The highest BCUT2D eigenvalue weighted by Gasteiger charge is 2.38. The molecule has 0 bridgehead atoms. The molecular weight excluding hydrogens is 444 g/mol. The van der Waals surface area contributed by atoms with Crippen LogP contribution in [0, 0.1) is 0 Å². The van der Waals surface area contributed by atoms with Gasteiger partial charge in [0.2, 0.25) is 0 Å². The van der Waals surface area contributed by atoms with Gasteiger partial charge in [-0.15, -0.1) is 0 Å². The van der Waals surface area contributed by atoms with Crippen LogP contribution in [0.25, 0.3) is 10.8 Å². The molecule has 0 aromatic heterocycles. The van der Waals surface area contributed by atoms with Gasteiger partial charge in [0, 0.05) is 30.1 Å². The Bertz CT molecular complexity index is 1300. The van der Waals surface area contributed by atoms with Gasteiger partial charge in [-0.3, -0.25) is 9.69 Å². The van der Waals surface area contributed by atoms with Crippen molar-refractivity contribution in [2.45, 2.75) is 32.7 Å². The predicted molar refractivity (Wildman–Crippen MR) is 138 cm³/mol. The zero-order chi connectivity index (χ0) is 25.1. The van der Waals surface area contributed by atoms with Gasteiger partial charge in [0.05, 0.1) is 31.5 Å². The van der Waals surface area contributed by atoms with Crippen LogP contribution >= 0.6 is 0 Å². The van der Waals surface area contributed by atoms with E-state index in [4.69, 9.17) is 9.47 Å². The highest BCUT2D eigenvalue weighted by Crippen LogP contribution is 2.41. The third kappa shape index (κ3) is 4.54. The summed E-state index contributed by atoms with van der Waals surface area (Å²) in [6.07, 6.45) is 2.57. The average Bonchev–Trinajstić information content (AvgIpc) is 2.87. The zero-order valence-electron chi connectivity index (χ0n) is 20.4. The van der Waals surface area contributed by atoms with Crippen molar-refractivity contribution in [3.63, 3.8) is 0 Å². The third-order valence-corrected chi connectivity index (χ3v) is 6.42. The summed E-state index contributed by atoms with van der Waals surface area (Å²) in [4.78, 5) is 29.3. The molecule has 1 aliphatic heterocycles. The fourth-order valence-corrected chi connectivity index (χ4v) is 4.50. The van der Waals surface area contributed by atoms with E-state index in [9.17, 15) is 14.7 Å². The summed E-state index contributed by atoms with van der Waals surface area (Å²) in [6.45, 7) is 4.54. The number of carbonyl (C=O) groups is 2. The number of nitrogens with zero attached hydrogens (tertiary/aromatic N) is 2. The summed E-state index contributed by atoms with van der Waals surface area (Å²) >= 11 is 0. The Morgan fingerprint density at radius 2 is 1.74 bits per heavy atom. The number of hydrogen-bond donors (Lipinski definition) is 1. The van der Waals surface area contributed by atoms with Crippen LogP contribution in [-0.2, 0) is 0 Å². The summed E-state index contributed by atoms with van der Waals surface area (Å²) in [5.74, 6) is 0.509. The van der Waals surface area contributed by atoms with E-state index in [-0.39, 0.29) is 17.0 Å². The smallest absolute Gasteiger partial charge is 0.412 e. The minimum atomic E-state index is -1.14. The lowest BCUT2D eigenvalue weighted by molar-refractivity contribution is 0.102. The van der Waals surface area contributed by atoms with E-state index in [1.165, 1.54) is 19.1 Å². The Balaban J connectivity index is 1.85. The van der Waals surface area contributed by atoms with E-state index in [1.54, 1.807) is 19.1 Å². The van der Waals surface area contributed by atoms with Crippen LogP contribution in [-0.4, -0.2) is 43.8 Å². The lowest BCUT2D eigenvalue weighted by Gasteiger charge is -2.35. The Kier molecular flexibility index (Phi) is 6.96. The first kappa shape index (κ1) is 24.1. The highest BCUT2D eigenvalue weighted by molar-refractivity contribution is 6.18. The first-order valence-electron chi connectivity index (χ1n) is 11.7. The van der Waals surface area contributed by atoms with Crippen molar-refractivity contribution in [3.8, 4) is 11.5 Å². The number of hydrogen-bond acceptors (Lipinski definition) is 5. The standard InChI is InChI=1S/C28H30N2O5/c1-5-6-13-29(21-12-11-19-9-7-8-10-20(19)14-21)17-23-18(2)30(28(32)33)24-16-26(35-4)25(34-3)15-22(24)27(23)31/h7-12,14-18H,5-6,13H2,1-4H3,(H,32,33). The molecule has 1 atom stereocenters. The molecule has 35 heavy (non-hydrogen) atoms. The quantitative estimate of drug-likeness (QED) is 0.416. The molecule has 1 heterocycles. The number of ether oxygens (including phenoxy) is 2. The monoisotopic (exact) mass is 474 g/mol. The topological polar surface area (TPSA) is 79.3 Å². The molecule has 0 saturated heterocycles. The summed E-state index contributed by atoms with van der Waals surface area (Å²) < 4.78 is 10.7. The molecule has 3 aromatic rings. The minimum Gasteiger partial charge on any atom is -0.493 e. The molecule has 0 radical (unpaired) electrons. The second-order valence-electron chi connectivity index (χ2n) is 8.54. The number of carbonyl (C=O) groups excluding carboxylic acids is 1. The molecule has 7 heteroatoms. The molecule has 4 rings (SSSR count). The largest absolute Gasteiger partial charge is 0.493 e. The summed E-state index contributed by atoms with van der Waals surface area (Å²) in [6, 6.07) is 16.7. The Morgan fingerprint density at radius 1 is 1.06 bits per heavy atom. The summed E-state index contributed by atoms with van der Waals surface area (Å²) in [5.41, 5.74) is 1.90. The number of benzene rings is 3. The maximum atomic E-state index is 13.7. The van der Waals surface area contributed by atoms with Crippen LogP contribution in [0.15, 0.2) is 66.4 Å². The fourth-order valence-electron chi connectivity index (χ4n) is 4.50. The molecule has 3 aromatic carbocycles. The number of ketones is 1. The van der Waals surface area contributed by atoms with Gasteiger partial charge in [-0.25, -0.2) is 4.79 Å². The van der Waals surface area contributed by atoms with Crippen molar-refractivity contribution in [1.29, 1.82) is 0 Å². The molecule has 182 valence electrons. The molecule has 0 fully saturated rings. The average molecular weight is 475 g/mol. The first-order valence-corrected chi connectivity index (χ1v) is 11.7. The van der Waals surface area contributed by atoms with Crippen LogP contribution in [0.4, 0.5) is 16.2 Å². The minimum absolute atomic E-state index is 0.228. The number of methoxy groups -OCH3 is 2. The number of anilines is 2. The second-order valence-corrected chi connectivity index (χ2v) is 8.54. The van der Waals surface area contributed by atoms with Gasteiger partial charge in [0.1, 0.15) is 0 Å². The van der Waals surface area contributed by atoms with Crippen LogP contribution < -0.4 is 19.3 Å². The van der Waals surface area contributed by atoms with E-state index >= 15 is 0 Å². The maximum Gasteiger partial charge on any atom is 0.412 e. The third-order valence-electron chi connectivity index (χ3n) is 6.42. The van der Waals surface area contributed by atoms with Crippen molar-refractivity contribution in [2.24, 2.45) is 0 Å². The van der Waals surface area contributed by atoms with Gasteiger partial charge in [-0.05, 0) is 42.3 Å². The van der Waals surface area contributed by atoms with Crippen molar-refractivity contribution in [3.05, 3.63) is 71.9 Å². The van der Waals surface area contributed by atoms with Crippen molar-refractivity contribution >= 4 is 34.0 Å². The molecule has 7 nitrogen and oxygen atoms in total. The first-order chi connectivity index (χ1) is 16.9. The van der Waals surface area contributed by atoms with Gasteiger partial charge in [-0.1, -0.05) is 43.7 Å². The number of Topliss-reactive ketones (excluding diaryl/α,β-unsaturated/α-hetero) is 1. The number of unbranched alkanes of at least 4 members (excludes halogenated alkanes) is 1. The van der Waals surface area contributed by atoms with E-state index in [0.717, 1.165) is 29.3 Å². The molecular formula is C28H30N2O5. The maximum absolute atomic E-state index is 13.7. The number of amides is 1. The normalized spacial score (nSPS) is 16.3. The molecule has 0 spiro atoms. The van der Waals surface area contributed by atoms with Gasteiger partial charge >= 0.3 is 6.09 Å². The lowest BCUT2D eigenvalue weighted by Crippen LogP contribution is -2.45. The Labute approximate surface area is 205 Å². The molecule has 1 aliphatic rings. The van der Waals surface area contributed by atoms with Crippen LogP contribution in [0.5, 0.6) is 11.5 Å². The van der Waals surface area contributed by atoms with Crippen LogP contribution in [0.3, 0.4) is 0 Å². The van der Waals surface area contributed by atoms with Crippen molar-refractivity contribution in [2.75, 3.05) is 30.6 Å². The van der Waals surface area contributed by atoms with Gasteiger partial charge < -0.3 is 19.5 Å². The molecule has 1 N–H and O–H groups in total. The van der Waals surface area contributed by atoms with Crippen molar-refractivity contribution in [1.82, 2.24) is 0 Å². The SMILES string of the molecule is CCCCN(C=C1C(=O)c2cc(OC)c(OC)cc2N(C(=O)O)C1C)c1ccc2ccccc2c1. The molecule has 1 unspecified atom stereocenters. The van der Waals surface area contributed by atoms with E-state index < -0.39 is 12.1 Å². The highest BCUT2D eigenvalue weighted by atomic mass is 16.5. The fraction of sp³-hybridized carbons (Fsp3) is 0.286. The molecule has 0 aliphatic carbocycles. The van der Waals surface area contributed by atoms with Crippen LogP contribution in [0.2, 0.25) is 0 Å². The van der Waals surface area contributed by atoms with E-state index in [1.807, 2.05) is 29.3 Å². The molecule has 1 amide bonds. The Hall–Kier alpha value is -4.00. The second kappa shape index (κ2) is 10.1. The van der Waals surface area contributed by atoms with Crippen LogP contribution in [0.1, 0.15) is 37.0 Å². The van der Waals surface area contributed by atoms with E-state index in [2.05, 4.69) is 31.2 Å². The van der Waals surface area contributed by atoms with E-state index in [0.29, 0.717) is 23.6 Å². The lowest BCUT2D eigenvalue weighted by atomic mass is 9.90. The van der Waals surface area contributed by atoms with Gasteiger partial charge in [-0.2, -0.15) is 0 Å². The number of fused-ring (bicyclic) bond motifs is 2. The zero-order valence-corrected chi connectivity index (χ0v) is 20.4. The molecule has 0 saturated carbocycles. The number of rotatable bonds is 7. The van der Waals surface area contributed by atoms with Gasteiger partial charge in [0.15, 0.2) is 17.3 Å². The Morgan fingerprint density at radius 3 is 2.40 bits per heavy atom. The summed E-state index contributed by atoms with van der Waals surface area (Å²) in [7, 11) is 2.96. The van der Waals surface area contributed by atoms with Gasteiger partial charge in [0.25, 0.3) is 0 Å². The number of carboxylic acid groups (broad SMARTS) is 1. The predicted octanol–water partition coefficient (Wildman–Crippen LogP) is 6.12. The summed E-state index contributed by atoms with van der Waals surface area (Å²) in [5, 5.41) is 12.3.